The van der Waals surface area contributed by atoms with Crippen LogP contribution in [0.5, 0.6) is 5.75 Å². The molecule has 2 rings (SSSR count). The molecule has 2 unspecified atom stereocenters. The van der Waals surface area contributed by atoms with Crippen LogP contribution in [0.1, 0.15) is 12.5 Å². The maximum Gasteiger partial charge on any atom is 0.422 e. The quantitative estimate of drug-likeness (QED) is 0.869. The van der Waals surface area contributed by atoms with Gasteiger partial charge in [-0.1, -0.05) is 13.0 Å². The minimum Gasteiger partial charge on any atom is -0.481 e. The van der Waals surface area contributed by atoms with Crippen LogP contribution in [0.25, 0.3) is 0 Å². The standard InChI is InChI=1S/C14H18F4N2O/c1-9-5-20(7-12(9)19)6-10-2-3-13(11(15)4-10)21-8-14(16,17)18/h2-4,9,12H,5-8,19H2,1H3. The number of halogens is 4. The third-order valence-corrected chi connectivity index (χ3v) is 3.54. The molecule has 21 heavy (non-hydrogen) atoms. The number of benzene rings is 1. The summed E-state index contributed by atoms with van der Waals surface area (Å²) in [4.78, 5) is 2.10. The van der Waals surface area contributed by atoms with Crippen molar-refractivity contribution in [1.82, 2.24) is 4.90 Å². The Morgan fingerprint density at radius 2 is 2.05 bits per heavy atom. The van der Waals surface area contributed by atoms with Crippen molar-refractivity contribution in [3.63, 3.8) is 0 Å². The van der Waals surface area contributed by atoms with Crippen molar-refractivity contribution in [3.05, 3.63) is 29.6 Å². The SMILES string of the molecule is CC1CN(Cc2ccc(OCC(F)(F)F)c(F)c2)CC1N. The zero-order valence-electron chi connectivity index (χ0n) is 11.7. The highest BCUT2D eigenvalue weighted by Gasteiger charge is 2.29. The predicted octanol–water partition coefficient (Wildman–Crippen LogP) is 2.55. The van der Waals surface area contributed by atoms with Gasteiger partial charge in [-0.15, -0.1) is 0 Å². The molecule has 1 aromatic carbocycles. The summed E-state index contributed by atoms with van der Waals surface area (Å²) in [6, 6.07) is 4.11. The van der Waals surface area contributed by atoms with Gasteiger partial charge in [-0.3, -0.25) is 4.90 Å². The third kappa shape index (κ3) is 4.57. The van der Waals surface area contributed by atoms with E-state index in [-0.39, 0.29) is 11.8 Å². The average Bonchev–Trinajstić information content (AvgIpc) is 2.66. The maximum absolute atomic E-state index is 13.7. The summed E-state index contributed by atoms with van der Waals surface area (Å²) >= 11 is 0. The molecule has 1 fully saturated rings. The summed E-state index contributed by atoms with van der Waals surface area (Å²) < 4.78 is 54.2. The number of hydrogen-bond donors (Lipinski definition) is 1. The predicted molar refractivity (Wildman–Crippen MR) is 70.4 cm³/mol. The van der Waals surface area contributed by atoms with Crippen LogP contribution in [-0.2, 0) is 6.54 Å². The van der Waals surface area contributed by atoms with E-state index < -0.39 is 18.6 Å². The minimum absolute atomic E-state index is 0.101. The summed E-state index contributed by atoms with van der Waals surface area (Å²) in [5, 5.41) is 0. The monoisotopic (exact) mass is 306 g/mol. The fourth-order valence-corrected chi connectivity index (χ4v) is 2.40. The number of ether oxygens (including phenoxy) is 1. The molecule has 118 valence electrons. The Hall–Kier alpha value is -1.34. The number of nitrogens with two attached hydrogens (primary N) is 1. The maximum atomic E-state index is 13.7. The van der Waals surface area contributed by atoms with Crippen LogP contribution in [0, 0.1) is 11.7 Å². The van der Waals surface area contributed by atoms with Crippen molar-refractivity contribution >= 4 is 0 Å². The van der Waals surface area contributed by atoms with E-state index in [4.69, 9.17) is 5.73 Å². The van der Waals surface area contributed by atoms with Crippen LogP contribution in [-0.4, -0.2) is 36.8 Å². The number of alkyl halides is 3. The highest BCUT2D eigenvalue weighted by atomic mass is 19.4. The highest BCUT2D eigenvalue weighted by molar-refractivity contribution is 5.29. The molecule has 2 atom stereocenters. The second-order valence-corrected chi connectivity index (χ2v) is 5.50. The van der Waals surface area contributed by atoms with Gasteiger partial charge in [0.05, 0.1) is 0 Å². The van der Waals surface area contributed by atoms with Crippen molar-refractivity contribution in [2.75, 3.05) is 19.7 Å². The number of nitrogens with zero attached hydrogens (tertiary/aromatic N) is 1. The molecule has 0 aromatic heterocycles. The van der Waals surface area contributed by atoms with E-state index in [1.54, 1.807) is 6.07 Å². The van der Waals surface area contributed by atoms with Crippen LogP contribution in [0.2, 0.25) is 0 Å². The zero-order valence-corrected chi connectivity index (χ0v) is 11.7. The molecule has 0 radical (unpaired) electrons. The second kappa shape index (κ2) is 6.19. The third-order valence-electron chi connectivity index (χ3n) is 3.54. The fourth-order valence-electron chi connectivity index (χ4n) is 2.40. The lowest BCUT2D eigenvalue weighted by molar-refractivity contribution is -0.153. The number of hydrogen-bond acceptors (Lipinski definition) is 3. The highest BCUT2D eigenvalue weighted by Crippen LogP contribution is 2.24. The van der Waals surface area contributed by atoms with Crippen LogP contribution in [0.15, 0.2) is 18.2 Å². The molecule has 0 spiro atoms. The molecular weight excluding hydrogens is 288 g/mol. The van der Waals surface area contributed by atoms with Gasteiger partial charge in [0, 0.05) is 25.7 Å². The van der Waals surface area contributed by atoms with Gasteiger partial charge in [-0.2, -0.15) is 13.2 Å². The van der Waals surface area contributed by atoms with Crippen molar-refractivity contribution in [3.8, 4) is 5.75 Å². The minimum atomic E-state index is -4.48. The van der Waals surface area contributed by atoms with Crippen molar-refractivity contribution in [1.29, 1.82) is 0 Å². The molecule has 1 aliphatic rings. The molecule has 0 bridgehead atoms. The summed E-state index contributed by atoms with van der Waals surface area (Å²) in [7, 11) is 0. The Kier molecular flexibility index (Phi) is 4.73. The van der Waals surface area contributed by atoms with Gasteiger partial charge in [0.2, 0.25) is 0 Å². The molecular formula is C14H18F4N2O. The summed E-state index contributed by atoms with van der Waals surface area (Å²) in [5.41, 5.74) is 6.60. The smallest absolute Gasteiger partial charge is 0.422 e. The van der Waals surface area contributed by atoms with Crippen LogP contribution in [0.3, 0.4) is 0 Å². The van der Waals surface area contributed by atoms with Crippen molar-refractivity contribution in [2.24, 2.45) is 11.7 Å². The normalized spacial score (nSPS) is 23.5. The Labute approximate surface area is 120 Å². The molecule has 1 aliphatic heterocycles. The summed E-state index contributed by atoms with van der Waals surface area (Å²) in [6.07, 6.45) is -4.48. The Balaban J connectivity index is 1.96. The lowest BCUT2D eigenvalue weighted by Gasteiger charge is -2.16. The van der Waals surface area contributed by atoms with Gasteiger partial charge in [-0.05, 0) is 23.6 Å². The molecule has 0 amide bonds. The first-order valence-electron chi connectivity index (χ1n) is 6.70. The van der Waals surface area contributed by atoms with E-state index in [0.717, 1.165) is 13.1 Å². The first-order valence-corrected chi connectivity index (χ1v) is 6.70. The summed E-state index contributed by atoms with van der Waals surface area (Å²) in [5.74, 6) is -0.792. The lowest BCUT2D eigenvalue weighted by Crippen LogP contribution is -2.28. The molecule has 2 N–H and O–H groups in total. The first-order chi connectivity index (χ1) is 9.74. The fraction of sp³-hybridized carbons (Fsp3) is 0.571. The van der Waals surface area contributed by atoms with E-state index in [1.165, 1.54) is 12.1 Å². The van der Waals surface area contributed by atoms with E-state index in [0.29, 0.717) is 18.0 Å². The molecule has 3 nitrogen and oxygen atoms in total. The first kappa shape index (κ1) is 16.0. The largest absolute Gasteiger partial charge is 0.481 e. The number of likely N-dealkylation sites (tertiary alicyclic amines) is 1. The van der Waals surface area contributed by atoms with Gasteiger partial charge in [0.15, 0.2) is 18.2 Å². The van der Waals surface area contributed by atoms with Crippen LogP contribution in [0.4, 0.5) is 17.6 Å². The van der Waals surface area contributed by atoms with Gasteiger partial charge in [0.25, 0.3) is 0 Å². The number of rotatable bonds is 4. The molecule has 1 heterocycles. The van der Waals surface area contributed by atoms with Crippen LogP contribution >= 0.6 is 0 Å². The van der Waals surface area contributed by atoms with Gasteiger partial charge < -0.3 is 10.5 Å². The van der Waals surface area contributed by atoms with E-state index in [9.17, 15) is 17.6 Å². The molecule has 0 aliphatic carbocycles. The Bertz CT molecular complexity index is 482. The average molecular weight is 306 g/mol. The van der Waals surface area contributed by atoms with Gasteiger partial charge in [0.1, 0.15) is 0 Å². The molecule has 1 aromatic rings. The van der Waals surface area contributed by atoms with Gasteiger partial charge in [-0.25, -0.2) is 4.39 Å². The van der Waals surface area contributed by atoms with E-state index >= 15 is 0 Å². The molecule has 7 heteroatoms. The Morgan fingerprint density at radius 1 is 1.33 bits per heavy atom. The Morgan fingerprint density at radius 3 is 2.57 bits per heavy atom. The molecule has 0 saturated carbocycles. The molecule has 1 saturated heterocycles. The lowest BCUT2D eigenvalue weighted by atomic mass is 10.1. The summed E-state index contributed by atoms with van der Waals surface area (Å²) in [6.45, 7) is 2.64. The van der Waals surface area contributed by atoms with Crippen molar-refractivity contribution in [2.45, 2.75) is 25.7 Å². The van der Waals surface area contributed by atoms with E-state index in [1.807, 2.05) is 0 Å². The topological polar surface area (TPSA) is 38.5 Å². The van der Waals surface area contributed by atoms with Gasteiger partial charge >= 0.3 is 6.18 Å². The van der Waals surface area contributed by atoms with E-state index in [2.05, 4.69) is 16.6 Å². The van der Waals surface area contributed by atoms with Crippen molar-refractivity contribution < 1.29 is 22.3 Å². The van der Waals surface area contributed by atoms with Crippen LogP contribution < -0.4 is 10.5 Å². The zero-order chi connectivity index (χ0) is 15.6. The second-order valence-electron chi connectivity index (χ2n) is 5.50.